The van der Waals surface area contributed by atoms with Crippen LogP contribution in [0.15, 0.2) is 59.3 Å². The average Bonchev–Trinajstić information content (AvgIpc) is 3.48. The van der Waals surface area contributed by atoms with Gasteiger partial charge in [0, 0.05) is 37.0 Å². The summed E-state index contributed by atoms with van der Waals surface area (Å²) in [4.78, 5) is 20.9. The zero-order valence-electron chi connectivity index (χ0n) is 18.3. The van der Waals surface area contributed by atoms with Crippen LogP contribution in [0.3, 0.4) is 0 Å². The van der Waals surface area contributed by atoms with Crippen LogP contribution >= 0.6 is 0 Å². The molecule has 0 saturated heterocycles. The molecule has 7 nitrogen and oxygen atoms in total. The smallest absolute Gasteiger partial charge is 0.213 e. The fraction of sp³-hybridized carbons (Fsp3) is 0.280. The molecule has 3 aromatic heterocycles. The number of nitrogens with zero attached hydrogens (tertiary/aromatic N) is 5. The van der Waals surface area contributed by atoms with E-state index in [1.807, 2.05) is 37.4 Å². The highest BCUT2D eigenvalue weighted by atomic mass is 16.5. The van der Waals surface area contributed by atoms with Crippen LogP contribution in [-0.4, -0.2) is 34.1 Å². The zero-order valence-corrected chi connectivity index (χ0v) is 18.3. The molecular weight excluding hydrogens is 402 g/mol. The molecule has 0 atom stereocenters. The van der Waals surface area contributed by atoms with Crippen molar-refractivity contribution in [2.75, 3.05) is 19.1 Å². The van der Waals surface area contributed by atoms with Crippen LogP contribution in [0.5, 0.6) is 5.75 Å². The predicted molar refractivity (Wildman–Crippen MR) is 122 cm³/mol. The molecule has 1 aliphatic rings. The topological polar surface area (TPSA) is 77.2 Å². The van der Waals surface area contributed by atoms with Gasteiger partial charge in [-0.05, 0) is 30.9 Å². The fourth-order valence-corrected chi connectivity index (χ4v) is 4.09. The van der Waals surface area contributed by atoms with Crippen LogP contribution in [0.25, 0.3) is 11.5 Å². The van der Waals surface area contributed by atoms with E-state index in [2.05, 4.69) is 27.0 Å². The monoisotopic (exact) mass is 427 g/mol. The van der Waals surface area contributed by atoms with Crippen LogP contribution in [0.1, 0.15) is 34.8 Å². The van der Waals surface area contributed by atoms with Gasteiger partial charge in [-0.3, -0.25) is 4.98 Å². The van der Waals surface area contributed by atoms with Gasteiger partial charge in [0.25, 0.3) is 0 Å². The van der Waals surface area contributed by atoms with Gasteiger partial charge in [0.1, 0.15) is 23.5 Å². The average molecular weight is 428 g/mol. The number of aromatic nitrogens is 4. The van der Waals surface area contributed by atoms with E-state index in [4.69, 9.17) is 19.1 Å². The Bertz CT molecular complexity index is 1220. The summed E-state index contributed by atoms with van der Waals surface area (Å²) in [5, 5.41) is 0. The maximum atomic E-state index is 5.77. The lowest BCUT2D eigenvalue weighted by Crippen LogP contribution is -2.20. The van der Waals surface area contributed by atoms with Gasteiger partial charge in [0.15, 0.2) is 5.82 Å². The molecular formula is C25H25N5O2. The van der Waals surface area contributed by atoms with Crippen molar-refractivity contribution in [3.8, 4) is 17.3 Å². The molecule has 5 rings (SSSR count). The SMILES string of the molecule is COc1ccnc(-c2nc3c(c(N(C)Cc4nc(Cc5ccccc5)co4)n2)CCC3)c1. The van der Waals surface area contributed by atoms with Gasteiger partial charge >= 0.3 is 0 Å². The Kier molecular flexibility index (Phi) is 5.54. The normalized spacial score (nSPS) is 12.6. The Morgan fingerprint density at radius 3 is 2.78 bits per heavy atom. The van der Waals surface area contributed by atoms with E-state index in [1.54, 1.807) is 19.6 Å². The maximum absolute atomic E-state index is 5.77. The molecule has 0 radical (unpaired) electrons. The number of anilines is 1. The number of pyridine rings is 1. The molecule has 0 fully saturated rings. The Labute approximate surface area is 187 Å². The standard InChI is InChI=1S/C25H25N5O2/c1-30(15-23-27-18(16-32-23)13-17-7-4-3-5-8-17)25-20-9-6-10-21(20)28-24(29-25)22-14-19(31-2)11-12-26-22/h3-5,7-8,11-12,14,16H,6,9-10,13,15H2,1-2H3. The number of hydrogen-bond acceptors (Lipinski definition) is 7. The molecule has 0 aliphatic heterocycles. The summed E-state index contributed by atoms with van der Waals surface area (Å²) < 4.78 is 11.1. The van der Waals surface area contributed by atoms with E-state index in [0.717, 1.165) is 48.6 Å². The first-order valence-electron chi connectivity index (χ1n) is 10.8. The van der Waals surface area contributed by atoms with E-state index in [1.165, 1.54) is 11.1 Å². The van der Waals surface area contributed by atoms with E-state index in [-0.39, 0.29) is 0 Å². The van der Waals surface area contributed by atoms with E-state index in [9.17, 15) is 0 Å². The summed E-state index contributed by atoms with van der Waals surface area (Å²) >= 11 is 0. The van der Waals surface area contributed by atoms with Crippen LogP contribution in [0.2, 0.25) is 0 Å². The van der Waals surface area contributed by atoms with Gasteiger partial charge in [0.2, 0.25) is 5.89 Å². The Morgan fingerprint density at radius 1 is 1.06 bits per heavy atom. The summed E-state index contributed by atoms with van der Waals surface area (Å²) in [6.07, 6.45) is 7.23. The molecule has 7 heteroatoms. The van der Waals surface area contributed by atoms with Gasteiger partial charge in [-0.25, -0.2) is 15.0 Å². The molecule has 3 heterocycles. The van der Waals surface area contributed by atoms with Crippen molar-refractivity contribution in [3.05, 3.63) is 83.3 Å². The highest BCUT2D eigenvalue weighted by Crippen LogP contribution is 2.31. The molecule has 1 aromatic carbocycles. The second-order valence-electron chi connectivity index (χ2n) is 7.98. The first-order valence-corrected chi connectivity index (χ1v) is 10.8. The van der Waals surface area contributed by atoms with Gasteiger partial charge in [-0.2, -0.15) is 0 Å². The number of ether oxygens (including phenoxy) is 1. The van der Waals surface area contributed by atoms with E-state index < -0.39 is 0 Å². The second-order valence-corrected chi connectivity index (χ2v) is 7.98. The number of aryl methyl sites for hydroxylation is 1. The molecule has 1 aliphatic carbocycles. The van der Waals surface area contributed by atoms with Crippen LogP contribution in [0.4, 0.5) is 5.82 Å². The molecule has 162 valence electrons. The maximum Gasteiger partial charge on any atom is 0.213 e. The Morgan fingerprint density at radius 2 is 1.94 bits per heavy atom. The number of methoxy groups -OCH3 is 1. The van der Waals surface area contributed by atoms with Crippen molar-refractivity contribution >= 4 is 5.82 Å². The molecule has 4 aromatic rings. The molecule has 0 unspecified atom stereocenters. The first kappa shape index (κ1) is 20.2. The number of fused-ring (bicyclic) bond motifs is 1. The number of oxazole rings is 1. The molecule has 0 bridgehead atoms. The lowest BCUT2D eigenvalue weighted by atomic mass is 10.1. The molecule has 0 spiro atoms. The third kappa shape index (κ3) is 4.19. The molecule has 0 saturated carbocycles. The van der Waals surface area contributed by atoms with Crippen molar-refractivity contribution < 1.29 is 9.15 Å². The van der Waals surface area contributed by atoms with E-state index >= 15 is 0 Å². The summed E-state index contributed by atoms with van der Waals surface area (Å²) in [7, 11) is 3.66. The van der Waals surface area contributed by atoms with E-state index in [0.29, 0.717) is 24.0 Å². The number of rotatable bonds is 7. The minimum absolute atomic E-state index is 0.531. The summed E-state index contributed by atoms with van der Waals surface area (Å²) in [6, 6.07) is 14.0. The number of hydrogen-bond donors (Lipinski definition) is 0. The van der Waals surface area contributed by atoms with Gasteiger partial charge in [-0.1, -0.05) is 30.3 Å². The molecule has 0 N–H and O–H groups in total. The number of benzene rings is 1. The second kappa shape index (κ2) is 8.78. The van der Waals surface area contributed by atoms with Gasteiger partial charge in [-0.15, -0.1) is 0 Å². The zero-order chi connectivity index (χ0) is 21.9. The largest absolute Gasteiger partial charge is 0.497 e. The summed E-state index contributed by atoms with van der Waals surface area (Å²) in [5.74, 6) is 2.93. The fourth-order valence-electron chi connectivity index (χ4n) is 4.09. The minimum atomic E-state index is 0.531. The van der Waals surface area contributed by atoms with Crippen LogP contribution < -0.4 is 9.64 Å². The lowest BCUT2D eigenvalue weighted by Gasteiger charge is -2.20. The van der Waals surface area contributed by atoms with Gasteiger partial charge < -0.3 is 14.1 Å². The predicted octanol–water partition coefficient (Wildman–Crippen LogP) is 4.25. The summed E-state index contributed by atoms with van der Waals surface area (Å²) in [5.41, 5.74) is 5.14. The highest BCUT2D eigenvalue weighted by Gasteiger charge is 2.23. The first-order chi connectivity index (χ1) is 15.7. The molecule has 0 amide bonds. The quantitative estimate of drug-likeness (QED) is 0.436. The van der Waals surface area contributed by atoms with Crippen molar-refractivity contribution in [2.24, 2.45) is 0 Å². The van der Waals surface area contributed by atoms with Crippen molar-refractivity contribution in [1.82, 2.24) is 19.9 Å². The molecule has 32 heavy (non-hydrogen) atoms. The highest BCUT2D eigenvalue weighted by molar-refractivity contribution is 5.59. The van der Waals surface area contributed by atoms with Crippen LogP contribution in [0, 0.1) is 0 Å². The van der Waals surface area contributed by atoms with Gasteiger partial charge in [0.05, 0.1) is 19.3 Å². The minimum Gasteiger partial charge on any atom is -0.497 e. The van der Waals surface area contributed by atoms with Crippen molar-refractivity contribution in [3.63, 3.8) is 0 Å². The third-order valence-electron chi connectivity index (χ3n) is 5.67. The van der Waals surface area contributed by atoms with Crippen molar-refractivity contribution in [2.45, 2.75) is 32.2 Å². The summed E-state index contributed by atoms with van der Waals surface area (Å²) in [6.45, 7) is 0.531. The Balaban J connectivity index is 1.40. The van der Waals surface area contributed by atoms with Crippen LogP contribution in [-0.2, 0) is 25.8 Å². The third-order valence-corrected chi connectivity index (χ3v) is 5.67. The van der Waals surface area contributed by atoms with Crippen molar-refractivity contribution in [1.29, 1.82) is 0 Å². The lowest BCUT2D eigenvalue weighted by molar-refractivity contribution is 0.414. The Hall–Kier alpha value is -3.74.